The van der Waals surface area contributed by atoms with Crippen molar-refractivity contribution in [3.05, 3.63) is 65.5 Å². The van der Waals surface area contributed by atoms with Gasteiger partial charge in [0, 0.05) is 11.3 Å². The summed E-state index contributed by atoms with van der Waals surface area (Å²) in [6.07, 6.45) is 0.872. The standard InChI is InChI=1S/C24H31FN4O2/c1-3-19-8-5-7-11-22(19)26-23(30)17-28-12-14-29(15-13-28)24(31)18-27(2)16-20-9-4-6-10-21(20)25/h4-11H,3,12-18H2,1-2H3,(H,26,30)/p+2. The number of aryl methyl sites for hydroxylation is 1. The van der Waals surface area contributed by atoms with Gasteiger partial charge in [-0.1, -0.05) is 43.3 Å². The van der Waals surface area contributed by atoms with Gasteiger partial charge >= 0.3 is 0 Å². The Kier molecular flexibility index (Phi) is 8.14. The third kappa shape index (κ3) is 6.60. The lowest BCUT2D eigenvalue weighted by Gasteiger charge is -2.32. The molecule has 2 aromatic rings. The summed E-state index contributed by atoms with van der Waals surface area (Å²) < 4.78 is 13.8. The summed E-state index contributed by atoms with van der Waals surface area (Å²) in [5, 5.41) is 3.02. The fourth-order valence-corrected chi connectivity index (χ4v) is 4.02. The number of quaternary nitrogens is 2. The lowest BCUT2D eigenvalue weighted by molar-refractivity contribution is -0.896. The van der Waals surface area contributed by atoms with Gasteiger partial charge in [-0.2, -0.15) is 0 Å². The minimum Gasteiger partial charge on any atom is -0.327 e. The van der Waals surface area contributed by atoms with Crippen LogP contribution in [0.3, 0.4) is 0 Å². The van der Waals surface area contributed by atoms with Crippen molar-refractivity contribution in [3.63, 3.8) is 0 Å². The Morgan fingerprint density at radius 2 is 1.71 bits per heavy atom. The first-order valence-electron chi connectivity index (χ1n) is 11.0. The van der Waals surface area contributed by atoms with E-state index in [1.807, 2.05) is 42.3 Å². The molecule has 0 bridgehead atoms. The first-order chi connectivity index (χ1) is 15.0. The number of halogens is 1. The van der Waals surface area contributed by atoms with Gasteiger partial charge in [0.1, 0.15) is 12.4 Å². The highest BCUT2D eigenvalue weighted by Gasteiger charge is 2.27. The molecule has 31 heavy (non-hydrogen) atoms. The molecule has 0 radical (unpaired) electrons. The zero-order valence-corrected chi connectivity index (χ0v) is 18.4. The minimum absolute atomic E-state index is 0.00439. The van der Waals surface area contributed by atoms with Gasteiger partial charge in [0.25, 0.3) is 11.8 Å². The number of piperazine rings is 1. The molecule has 1 heterocycles. The Labute approximate surface area is 183 Å². The maximum Gasteiger partial charge on any atom is 0.279 e. The van der Waals surface area contributed by atoms with Crippen molar-refractivity contribution in [2.75, 3.05) is 51.6 Å². The number of rotatable bonds is 8. The predicted octanol–water partition coefficient (Wildman–Crippen LogP) is -0.231. The van der Waals surface area contributed by atoms with E-state index in [2.05, 4.69) is 12.2 Å². The summed E-state index contributed by atoms with van der Waals surface area (Å²) >= 11 is 0. The van der Waals surface area contributed by atoms with E-state index in [4.69, 9.17) is 0 Å². The fourth-order valence-electron chi connectivity index (χ4n) is 4.02. The van der Waals surface area contributed by atoms with E-state index in [1.165, 1.54) is 11.0 Å². The number of nitrogens with zero attached hydrogens (tertiary/aromatic N) is 1. The molecule has 0 aromatic heterocycles. The number of nitrogens with one attached hydrogen (secondary N) is 3. The molecular weight excluding hydrogens is 395 g/mol. The van der Waals surface area contributed by atoms with E-state index in [0.717, 1.165) is 35.7 Å². The van der Waals surface area contributed by atoms with Crippen LogP contribution in [0.4, 0.5) is 10.1 Å². The van der Waals surface area contributed by atoms with Crippen molar-refractivity contribution in [1.82, 2.24) is 4.90 Å². The van der Waals surface area contributed by atoms with Crippen molar-refractivity contribution in [3.8, 4) is 0 Å². The number of likely N-dealkylation sites (N-methyl/N-ethyl adjacent to an activating group) is 1. The normalized spacial score (nSPS) is 15.5. The van der Waals surface area contributed by atoms with Gasteiger partial charge in [-0.25, -0.2) is 4.39 Å². The molecule has 0 aliphatic carbocycles. The summed E-state index contributed by atoms with van der Waals surface area (Å²) in [5.74, 6) is -0.148. The third-order valence-corrected chi connectivity index (χ3v) is 5.81. The first-order valence-corrected chi connectivity index (χ1v) is 11.0. The Morgan fingerprint density at radius 1 is 1.06 bits per heavy atom. The van der Waals surface area contributed by atoms with Crippen molar-refractivity contribution < 1.29 is 23.8 Å². The van der Waals surface area contributed by atoms with Gasteiger partial charge in [0.15, 0.2) is 13.1 Å². The summed E-state index contributed by atoms with van der Waals surface area (Å²) in [7, 11) is 1.91. The average molecular weight is 429 g/mol. The number of benzene rings is 2. The van der Waals surface area contributed by atoms with Gasteiger partial charge in [0.05, 0.1) is 33.2 Å². The summed E-state index contributed by atoms with van der Waals surface area (Å²) in [6, 6.07) is 14.6. The van der Waals surface area contributed by atoms with Crippen LogP contribution < -0.4 is 15.1 Å². The predicted molar refractivity (Wildman–Crippen MR) is 118 cm³/mol. The van der Waals surface area contributed by atoms with E-state index in [9.17, 15) is 14.0 Å². The van der Waals surface area contributed by atoms with Gasteiger partial charge < -0.3 is 20.0 Å². The maximum absolute atomic E-state index is 13.8. The summed E-state index contributed by atoms with van der Waals surface area (Å²) in [6.45, 7) is 6.06. The van der Waals surface area contributed by atoms with E-state index in [1.54, 1.807) is 12.1 Å². The molecule has 7 heteroatoms. The number of carbonyl (C=O) groups is 2. The van der Waals surface area contributed by atoms with Gasteiger partial charge in [-0.05, 0) is 24.1 Å². The van der Waals surface area contributed by atoms with E-state index >= 15 is 0 Å². The topological polar surface area (TPSA) is 58.3 Å². The number of amides is 2. The van der Waals surface area contributed by atoms with Gasteiger partial charge in [0.2, 0.25) is 0 Å². The quantitative estimate of drug-likeness (QED) is 0.544. The maximum atomic E-state index is 13.8. The van der Waals surface area contributed by atoms with Crippen LogP contribution in [0.1, 0.15) is 18.1 Å². The molecule has 1 aliphatic heterocycles. The van der Waals surface area contributed by atoms with Crippen LogP contribution in [-0.4, -0.2) is 63.0 Å². The van der Waals surface area contributed by atoms with Crippen LogP contribution in [0.2, 0.25) is 0 Å². The fraction of sp³-hybridized carbons (Fsp3) is 0.417. The van der Waals surface area contributed by atoms with Crippen molar-refractivity contribution in [1.29, 1.82) is 0 Å². The average Bonchev–Trinajstić information content (AvgIpc) is 2.76. The van der Waals surface area contributed by atoms with Crippen LogP contribution in [0.5, 0.6) is 0 Å². The van der Waals surface area contributed by atoms with Crippen molar-refractivity contribution >= 4 is 17.5 Å². The van der Waals surface area contributed by atoms with Crippen LogP contribution in [0.25, 0.3) is 0 Å². The SMILES string of the molecule is CCc1ccccc1NC(=O)C[NH+]1CCN(C(=O)C[NH+](C)Cc2ccccc2F)CC1. The number of hydrogen-bond donors (Lipinski definition) is 3. The second kappa shape index (κ2) is 11.0. The molecule has 0 saturated carbocycles. The number of anilines is 1. The van der Waals surface area contributed by atoms with E-state index < -0.39 is 0 Å². The molecule has 0 spiro atoms. The van der Waals surface area contributed by atoms with Crippen molar-refractivity contribution in [2.24, 2.45) is 0 Å². The molecule has 1 unspecified atom stereocenters. The molecule has 6 nitrogen and oxygen atoms in total. The van der Waals surface area contributed by atoms with Crippen LogP contribution >= 0.6 is 0 Å². The monoisotopic (exact) mass is 428 g/mol. The lowest BCUT2D eigenvalue weighted by Crippen LogP contribution is -3.16. The summed E-state index contributed by atoms with van der Waals surface area (Å²) in [4.78, 5) is 29.1. The smallest absolute Gasteiger partial charge is 0.279 e. The number of carbonyl (C=O) groups excluding carboxylic acids is 2. The van der Waals surface area contributed by atoms with Crippen LogP contribution in [0.15, 0.2) is 48.5 Å². The van der Waals surface area contributed by atoms with E-state index in [-0.39, 0.29) is 17.6 Å². The molecule has 3 rings (SSSR count). The van der Waals surface area contributed by atoms with Crippen LogP contribution in [-0.2, 0) is 22.6 Å². The second-order valence-electron chi connectivity index (χ2n) is 8.27. The molecule has 2 aromatic carbocycles. The Hall–Kier alpha value is -2.77. The molecule has 1 atom stereocenters. The first kappa shape index (κ1) is 22.9. The Balaban J connectivity index is 1.42. The summed E-state index contributed by atoms with van der Waals surface area (Å²) in [5.41, 5.74) is 2.63. The molecule has 1 saturated heterocycles. The number of para-hydroxylation sites is 1. The third-order valence-electron chi connectivity index (χ3n) is 5.81. The van der Waals surface area contributed by atoms with Gasteiger partial charge in [-0.3, -0.25) is 9.59 Å². The van der Waals surface area contributed by atoms with E-state index in [0.29, 0.717) is 38.3 Å². The zero-order valence-electron chi connectivity index (χ0n) is 18.4. The highest BCUT2D eigenvalue weighted by molar-refractivity contribution is 5.92. The Morgan fingerprint density at radius 3 is 2.39 bits per heavy atom. The minimum atomic E-state index is -0.230. The molecule has 1 aliphatic rings. The largest absolute Gasteiger partial charge is 0.327 e. The molecular formula is C24H33FN4O2+2. The lowest BCUT2D eigenvalue weighted by atomic mass is 10.1. The van der Waals surface area contributed by atoms with Gasteiger partial charge in [-0.15, -0.1) is 0 Å². The molecule has 3 N–H and O–H groups in total. The highest BCUT2D eigenvalue weighted by atomic mass is 19.1. The Bertz CT molecular complexity index is 897. The second-order valence-corrected chi connectivity index (χ2v) is 8.27. The molecule has 166 valence electrons. The molecule has 1 fully saturated rings. The highest BCUT2D eigenvalue weighted by Crippen LogP contribution is 2.14. The van der Waals surface area contributed by atoms with Crippen LogP contribution in [0, 0.1) is 5.82 Å². The zero-order chi connectivity index (χ0) is 22.2. The molecule has 2 amide bonds. The number of hydrogen-bond acceptors (Lipinski definition) is 2. The van der Waals surface area contributed by atoms with Crippen molar-refractivity contribution in [2.45, 2.75) is 19.9 Å².